The summed E-state index contributed by atoms with van der Waals surface area (Å²) in [5.74, 6) is 0. The fourth-order valence-electron chi connectivity index (χ4n) is 1.60. The molecule has 1 rings (SSSR count). The lowest BCUT2D eigenvalue weighted by atomic mass is 10.1. The van der Waals surface area contributed by atoms with E-state index in [0.29, 0.717) is 26.4 Å². The molecule has 0 saturated heterocycles. The van der Waals surface area contributed by atoms with Crippen LogP contribution in [0.3, 0.4) is 0 Å². The summed E-state index contributed by atoms with van der Waals surface area (Å²) in [6.45, 7) is 3.96. The molecule has 0 spiro atoms. The number of halogens is 1. The predicted octanol–water partition coefficient (Wildman–Crippen LogP) is 2.12. The molecule has 1 aromatic carbocycles. The second kappa shape index (κ2) is 9.44. The molecule has 5 heteroatoms. The van der Waals surface area contributed by atoms with Crippen LogP contribution in [0.1, 0.15) is 18.5 Å². The Kier molecular flexibility index (Phi) is 8.25. The lowest BCUT2D eigenvalue weighted by Crippen LogP contribution is -2.32. The first-order valence-corrected chi connectivity index (χ1v) is 7.16. The van der Waals surface area contributed by atoms with Crippen LogP contribution in [0, 0.1) is 0 Å². The first-order chi connectivity index (χ1) is 9.13. The number of aliphatic hydroxyl groups excluding tert-OH is 1. The topological polar surface area (TPSA) is 50.7 Å². The lowest BCUT2D eigenvalue weighted by molar-refractivity contribution is 0.0130. The van der Waals surface area contributed by atoms with Gasteiger partial charge in [-0.3, -0.25) is 0 Å². The molecule has 0 heterocycles. The molecule has 2 atom stereocenters. The largest absolute Gasteiger partial charge is 0.389 e. The van der Waals surface area contributed by atoms with Gasteiger partial charge in [0.2, 0.25) is 0 Å². The van der Waals surface area contributed by atoms with Crippen LogP contribution in [-0.2, 0) is 9.47 Å². The smallest absolute Gasteiger partial charge is 0.0897 e. The number of nitrogens with one attached hydrogen (secondary N) is 1. The number of hydrogen-bond donors (Lipinski definition) is 2. The van der Waals surface area contributed by atoms with Crippen molar-refractivity contribution in [3.8, 4) is 0 Å². The predicted molar refractivity (Wildman–Crippen MR) is 79.3 cm³/mol. The first kappa shape index (κ1) is 16.6. The number of hydrogen-bond acceptors (Lipinski definition) is 4. The second-order valence-corrected chi connectivity index (χ2v) is 5.32. The minimum absolute atomic E-state index is 0.196. The van der Waals surface area contributed by atoms with E-state index in [-0.39, 0.29) is 6.04 Å². The van der Waals surface area contributed by atoms with Crippen LogP contribution in [-0.4, -0.2) is 44.7 Å². The van der Waals surface area contributed by atoms with Crippen molar-refractivity contribution in [3.05, 3.63) is 34.3 Å². The third-order valence-corrected chi connectivity index (χ3v) is 3.30. The molecule has 0 amide bonds. The quantitative estimate of drug-likeness (QED) is 0.680. The average Bonchev–Trinajstić information content (AvgIpc) is 2.42. The Morgan fingerprint density at radius 1 is 1.26 bits per heavy atom. The highest BCUT2D eigenvalue weighted by Crippen LogP contribution is 2.16. The van der Waals surface area contributed by atoms with Gasteiger partial charge in [-0.2, -0.15) is 0 Å². The van der Waals surface area contributed by atoms with Gasteiger partial charge in [0.15, 0.2) is 0 Å². The summed E-state index contributed by atoms with van der Waals surface area (Å²) in [7, 11) is 1.63. The molecule has 0 radical (unpaired) electrons. The lowest BCUT2D eigenvalue weighted by Gasteiger charge is -2.17. The molecule has 0 aliphatic rings. The van der Waals surface area contributed by atoms with E-state index < -0.39 is 6.10 Å². The van der Waals surface area contributed by atoms with Gasteiger partial charge in [-0.05, 0) is 24.6 Å². The first-order valence-electron chi connectivity index (χ1n) is 6.37. The molecule has 2 N–H and O–H groups in total. The van der Waals surface area contributed by atoms with Crippen molar-refractivity contribution in [3.63, 3.8) is 0 Å². The van der Waals surface area contributed by atoms with Gasteiger partial charge >= 0.3 is 0 Å². The molecule has 0 aliphatic carbocycles. The van der Waals surface area contributed by atoms with E-state index in [1.807, 2.05) is 12.1 Å². The van der Waals surface area contributed by atoms with Crippen molar-refractivity contribution in [2.75, 3.05) is 33.5 Å². The number of benzene rings is 1. The highest BCUT2D eigenvalue weighted by atomic mass is 79.9. The Morgan fingerprint density at radius 3 is 2.58 bits per heavy atom. The van der Waals surface area contributed by atoms with E-state index in [1.54, 1.807) is 7.11 Å². The van der Waals surface area contributed by atoms with Gasteiger partial charge in [0.05, 0.1) is 25.9 Å². The van der Waals surface area contributed by atoms with Crippen molar-refractivity contribution in [2.24, 2.45) is 0 Å². The van der Waals surface area contributed by atoms with Crippen LogP contribution >= 0.6 is 15.9 Å². The fourth-order valence-corrected chi connectivity index (χ4v) is 1.87. The maximum Gasteiger partial charge on any atom is 0.0897 e. The van der Waals surface area contributed by atoms with Gasteiger partial charge in [-0.25, -0.2) is 0 Å². The number of rotatable bonds is 9. The Bertz CT molecular complexity index is 345. The fraction of sp³-hybridized carbons (Fsp3) is 0.571. The van der Waals surface area contributed by atoms with Gasteiger partial charge < -0.3 is 19.9 Å². The molecular formula is C14H22BrNO3. The Morgan fingerprint density at radius 2 is 1.95 bits per heavy atom. The summed E-state index contributed by atoms with van der Waals surface area (Å²) in [6.07, 6.45) is -0.505. The third kappa shape index (κ3) is 7.03. The molecule has 0 bridgehead atoms. The number of aliphatic hydroxyl groups is 1. The molecule has 2 unspecified atom stereocenters. The van der Waals surface area contributed by atoms with Gasteiger partial charge in [0.1, 0.15) is 0 Å². The standard InChI is InChI=1S/C14H22BrNO3/c1-11(12-3-5-13(15)6-4-12)16-9-14(17)10-19-8-7-18-2/h3-6,11,14,16-17H,7-10H2,1-2H3. The maximum atomic E-state index is 9.75. The summed E-state index contributed by atoms with van der Waals surface area (Å²) in [6, 6.07) is 8.34. The Labute approximate surface area is 123 Å². The van der Waals surface area contributed by atoms with Crippen molar-refractivity contribution in [1.82, 2.24) is 5.32 Å². The second-order valence-electron chi connectivity index (χ2n) is 4.40. The van der Waals surface area contributed by atoms with Crippen LogP contribution in [0.5, 0.6) is 0 Å². The highest BCUT2D eigenvalue weighted by Gasteiger charge is 2.08. The molecule has 0 aromatic heterocycles. The molecule has 0 saturated carbocycles. The third-order valence-electron chi connectivity index (χ3n) is 2.77. The SMILES string of the molecule is COCCOCC(O)CNC(C)c1ccc(Br)cc1. The van der Waals surface area contributed by atoms with Crippen LogP contribution in [0.2, 0.25) is 0 Å². The summed E-state index contributed by atoms with van der Waals surface area (Å²) >= 11 is 3.41. The molecule has 4 nitrogen and oxygen atoms in total. The zero-order valence-corrected chi connectivity index (χ0v) is 13.0. The van der Waals surface area contributed by atoms with Crippen molar-refractivity contribution >= 4 is 15.9 Å². The van der Waals surface area contributed by atoms with Crippen LogP contribution in [0.15, 0.2) is 28.7 Å². The summed E-state index contributed by atoms with van der Waals surface area (Å²) in [5.41, 5.74) is 1.19. The van der Waals surface area contributed by atoms with Crippen molar-refractivity contribution in [1.29, 1.82) is 0 Å². The minimum atomic E-state index is -0.505. The number of methoxy groups -OCH3 is 1. The monoisotopic (exact) mass is 331 g/mol. The van der Waals surface area contributed by atoms with E-state index in [2.05, 4.69) is 40.3 Å². The maximum absolute atomic E-state index is 9.75. The van der Waals surface area contributed by atoms with Gasteiger partial charge in [-0.1, -0.05) is 28.1 Å². The van der Waals surface area contributed by atoms with Crippen LogP contribution in [0.25, 0.3) is 0 Å². The molecular weight excluding hydrogens is 310 g/mol. The van der Waals surface area contributed by atoms with E-state index in [9.17, 15) is 5.11 Å². The molecule has 1 aromatic rings. The highest BCUT2D eigenvalue weighted by molar-refractivity contribution is 9.10. The van der Waals surface area contributed by atoms with Gasteiger partial charge in [0, 0.05) is 24.2 Å². The Hall–Kier alpha value is -0.460. The van der Waals surface area contributed by atoms with Crippen molar-refractivity contribution < 1.29 is 14.6 Å². The molecule has 0 fully saturated rings. The zero-order chi connectivity index (χ0) is 14.1. The molecule has 108 valence electrons. The van der Waals surface area contributed by atoms with Crippen LogP contribution in [0.4, 0.5) is 0 Å². The van der Waals surface area contributed by atoms with Gasteiger partial charge in [0.25, 0.3) is 0 Å². The van der Waals surface area contributed by atoms with Gasteiger partial charge in [-0.15, -0.1) is 0 Å². The summed E-state index contributed by atoms with van der Waals surface area (Å²) < 4.78 is 11.2. The van der Waals surface area contributed by atoms with Crippen LogP contribution < -0.4 is 5.32 Å². The van der Waals surface area contributed by atoms with E-state index in [1.165, 1.54) is 5.56 Å². The van der Waals surface area contributed by atoms with E-state index >= 15 is 0 Å². The zero-order valence-electron chi connectivity index (χ0n) is 11.4. The normalized spacial score (nSPS) is 14.3. The summed E-state index contributed by atoms with van der Waals surface area (Å²) in [4.78, 5) is 0. The average molecular weight is 332 g/mol. The van der Waals surface area contributed by atoms with Crippen molar-refractivity contribution in [2.45, 2.75) is 19.1 Å². The van der Waals surface area contributed by atoms with E-state index in [4.69, 9.17) is 9.47 Å². The van der Waals surface area contributed by atoms with E-state index in [0.717, 1.165) is 4.47 Å². The minimum Gasteiger partial charge on any atom is -0.389 e. The number of ether oxygens (including phenoxy) is 2. The summed E-state index contributed by atoms with van der Waals surface area (Å²) in [5, 5.41) is 13.0. The molecule has 0 aliphatic heterocycles. The molecule has 19 heavy (non-hydrogen) atoms. The Balaban J connectivity index is 2.22.